The first-order valence-electron chi connectivity index (χ1n) is 7.73. The molecular weight excluding hydrogens is 272 g/mol. The fourth-order valence-electron chi connectivity index (χ4n) is 2.41. The Kier molecular flexibility index (Phi) is 5.59. The molecule has 0 saturated carbocycles. The molecule has 0 aliphatic rings. The average Bonchev–Trinajstić information content (AvgIpc) is 2.53. The van der Waals surface area contributed by atoms with E-state index in [0.29, 0.717) is 18.9 Å². The zero-order valence-corrected chi connectivity index (χ0v) is 13.5. The van der Waals surface area contributed by atoms with Gasteiger partial charge in [0.05, 0.1) is 0 Å². The number of amides is 1. The quantitative estimate of drug-likeness (QED) is 0.863. The topological polar surface area (TPSA) is 32.3 Å². The van der Waals surface area contributed by atoms with Crippen LogP contribution in [0.4, 0.5) is 11.4 Å². The highest BCUT2D eigenvalue weighted by atomic mass is 16.1. The van der Waals surface area contributed by atoms with Gasteiger partial charge in [-0.25, -0.2) is 0 Å². The molecule has 0 saturated heterocycles. The van der Waals surface area contributed by atoms with Crippen LogP contribution in [0.1, 0.15) is 31.7 Å². The number of hydrogen-bond donors (Lipinski definition) is 1. The van der Waals surface area contributed by atoms with Crippen LogP contribution in [0.3, 0.4) is 0 Å². The van der Waals surface area contributed by atoms with Gasteiger partial charge in [-0.15, -0.1) is 0 Å². The van der Waals surface area contributed by atoms with Crippen LogP contribution in [-0.2, 0) is 4.79 Å². The number of carbonyl (C=O) groups is 1. The Bertz CT molecular complexity index is 608. The van der Waals surface area contributed by atoms with Gasteiger partial charge in [0.15, 0.2) is 0 Å². The van der Waals surface area contributed by atoms with Crippen molar-refractivity contribution in [3.8, 4) is 0 Å². The summed E-state index contributed by atoms with van der Waals surface area (Å²) in [5.74, 6) is 0.444. The van der Waals surface area contributed by atoms with Crippen molar-refractivity contribution in [2.24, 2.45) is 0 Å². The number of rotatable bonds is 6. The van der Waals surface area contributed by atoms with Crippen molar-refractivity contribution in [3.63, 3.8) is 0 Å². The van der Waals surface area contributed by atoms with Gasteiger partial charge in [-0.3, -0.25) is 4.79 Å². The van der Waals surface area contributed by atoms with E-state index in [1.165, 1.54) is 5.56 Å². The van der Waals surface area contributed by atoms with Crippen molar-refractivity contribution in [3.05, 3.63) is 60.2 Å². The molecule has 3 nitrogen and oxygen atoms in total. The monoisotopic (exact) mass is 296 g/mol. The molecule has 22 heavy (non-hydrogen) atoms. The highest BCUT2D eigenvalue weighted by Crippen LogP contribution is 2.23. The summed E-state index contributed by atoms with van der Waals surface area (Å²) in [7, 11) is 2.00. The van der Waals surface area contributed by atoms with Crippen LogP contribution in [0.25, 0.3) is 0 Å². The highest BCUT2D eigenvalue weighted by molar-refractivity contribution is 5.91. The van der Waals surface area contributed by atoms with E-state index in [-0.39, 0.29) is 5.91 Å². The zero-order valence-electron chi connectivity index (χ0n) is 13.5. The number of nitrogens with zero attached hydrogens (tertiary/aromatic N) is 1. The third kappa shape index (κ3) is 4.35. The molecule has 2 rings (SSSR count). The Morgan fingerprint density at radius 2 is 1.68 bits per heavy atom. The van der Waals surface area contributed by atoms with Crippen molar-refractivity contribution in [1.82, 2.24) is 0 Å². The third-order valence-electron chi connectivity index (χ3n) is 3.73. The zero-order chi connectivity index (χ0) is 15.9. The van der Waals surface area contributed by atoms with Gasteiger partial charge in [0.2, 0.25) is 5.91 Å². The van der Waals surface area contributed by atoms with E-state index >= 15 is 0 Å². The van der Waals surface area contributed by atoms with E-state index in [0.717, 1.165) is 11.4 Å². The molecule has 0 fully saturated rings. The minimum absolute atomic E-state index is 0.0517. The van der Waals surface area contributed by atoms with E-state index in [9.17, 15) is 4.79 Å². The fraction of sp³-hybridized carbons (Fsp3) is 0.316. The van der Waals surface area contributed by atoms with Gasteiger partial charge in [-0.05, 0) is 29.7 Å². The van der Waals surface area contributed by atoms with Gasteiger partial charge in [-0.1, -0.05) is 50.2 Å². The molecule has 116 valence electrons. The molecule has 1 amide bonds. The molecule has 0 heterocycles. The second kappa shape index (κ2) is 7.64. The van der Waals surface area contributed by atoms with Crippen molar-refractivity contribution in [2.45, 2.75) is 26.2 Å². The molecule has 2 aromatic rings. The molecule has 0 radical (unpaired) electrons. The van der Waals surface area contributed by atoms with Crippen LogP contribution in [0.2, 0.25) is 0 Å². The van der Waals surface area contributed by atoms with Crippen LogP contribution in [0.5, 0.6) is 0 Å². The van der Waals surface area contributed by atoms with Gasteiger partial charge in [0, 0.05) is 31.4 Å². The minimum atomic E-state index is 0.0517. The molecule has 0 spiro atoms. The highest BCUT2D eigenvalue weighted by Gasteiger charge is 2.10. The lowest BCUT2D eigenvalue weighted by atomic mass is 10.0. The number of para-hydroxylation sites is 2. The smallest absolute Gasteiger partial charge is 0.226 e. The van der Waals surface area contributed by atoms with Crippen LogP contribution in [-0.4, -0.2) is 19.5 Å². The number of anilines is 2. The lowest BCUT2D eigenvalue weighted by Crippen LogP contribution is -2.24. The van der Waals surface area contributed by atoms with Gasteiger partial charge in [-0.2, -0.15) is 0 Å². The molecule has 0 aliphatic heterocycles. The van der Waals surface area contributed by atoms with Crippen LogP contribution in [0, 0.1) is 0 Å². The van der Waals surface area contributed by atoms with Crippen molar-refractivity contribution < 1.29 is 4.79 Å². The Morgan fingerprint density at radius 3 is 2.36 bits per heavy atom. The van der Waals surface area contributed by atoms with Crippen LogP contribution < -0.4 is 10.2 Å². The summed E-state index contributed by atoms with van der Waals surface area (Å²) in [6.45, 7) is 4.96. The van der Waals surface area contributed by atoms with E-state index in [1.54, 1.807) is 0 Å². The molecular formula is C19H24N2O. The Balaban J connectivity index is 1.91. The normalized spacial score (nSPS) is 10.5. The molecule has 0 unspecified atom stereocenters. The van der Waals surface area contributed by atoms with E-state index in [2.05, 4.69) is 30.1 Å². The van der Waals surface area contributed by atoms with Gasteiger partial charge in [0.1, 0.15) is 0 Å². The van der Waals surface area contributed by atoms with Crippen molar-refractivity contribution in [2.75, 3.05) is 23.8 Å². The molecule has 0 aliphatic carbocycles. The molecule has 0 atom stereocenters. The summed E-state index contributed by atoms with van der Waals surface area (Å²) in [5.41, 5.74) is 3.22. The summed E-state index contributed by atoms with van der Waals surface area (Å²) in [5, 5.41) is 3.03. The molecule has 0 bridgehead atoms. The van der Waals surface area contributed by atoms with Gasteiger partial charge in [0.25, 0.3) is 0 Å². The number of nitrogens with one attached hydrogen (secondary N) is 1. The Hall–Kier alpha value is -2.29. The minimum Gasteiger partial charge on any atom is -0.374 e. The summed E-state index contributed by atoms with van der Waals surface area (Å²) in [6.07, 6.45) is 0.470. The molecule has 3 heteroatoms. The second-order valence-corrected chi connectivity index (χ2v) is 5.80. The van der Waals surface area contributed by atoms with Crippen LogP contribution in [0.15, 0.2) is 54.6 Å². The van der Waals surface area contributed by atoms with E-state index < -0.39 is 0 Å². The largest absolute Gasteiger partial charge is 0.374 e. The first-order valence-corrected chi connectivity index (χ1v) is 7.73. The lowest BCUT2D eigenvalue weighted by Gasteiger charge is -2.19. The van der Waals surface area contributed by atoms with E-state index in [1.807, 2.05) is 55.6 Å². The Labute approximate surface area is 133 Å². The maximum atomic E-state index is 12.2. The number of carbonyl (C=O) groups excluding carboxylic acids is 1. The standard InChI is InChI=1S/C19H24N2O/c1-15(2)17-11-7-8-12-18(17)20-19(22)13-14-21(3)16-9-5-4-6-10-16/h4-12,15H,13-14H2,1-3H3,(H,20,22). The first kappa shape index (κ1) is 16.1. The predicted octanol–water partition coefficient (Wildman–Crippen LogP) is 4.28. The average molecular weight is 296 g/mol. The second-order valence-electron chi connectivity index (χ2n) is 5.80. The van der Waals surface area contributed by atoms with Crippen LogP contribution >= 0.6 is 0 Å². The maximum Gasteiger partial charge on any atom is 0.226 e. The summed E-state index contributed by atoms with van der Waals surface area (Å²) >= 11 is 0. The lowest BCUT2D eigenvalue weighted by molar-refractivity contribution is -0.116. The van der Waals surface area contributed by atoms with Crippen molar-refractivity contribution in [1.29, 1.82) is 0 Å². The molecule has 0 aromatic heterocycles. The number of benzene rings is 2. The van der Waals surface area contributed by atoms with Crippen molar-refractivity contribution >= 4 is 17.3 Å². The SMILES string of the molecule is CC(C)c1ccccc1NC(=O)CCN(C)c1ccccc1. The van der Waals surface area contributed by atoms with Gasteiger partial charge >= 0.3 is 0 Å². The van der Waals surface area contributed by atoms with E-state index in [4.69, 9.17) is 0 Å². The number of hydrogen-bond acceptors (Lipinski definition) is 2. The third-order valence-corrected chi connectivity index (χ3v) is 3.73. The molecule has 2 aromatic carbocycles. The fourth-order valence-corrected chi connectivity index (χ4v) is 2.41. The summed E-state index contributed by atoms with van der Waals surface area (Å²) < 4.78 is 0. The maximum absolute atomic E-state index is 12.2. The summed E-state index contributed by atoms with van der Waals surface area (Å²) in [6, 6.07) is 18.1. The first-order chi connectivity index (χ1) is 10.6. The summed E-state index contributed by atoms with van der Waals surface area (Å²) in [4.78, 5) is 14.3. The van der Waals surface area contributed by atoms with Gasteiger partial charge < -0.3 is 10.2 Å². The predicted molar refractivity (Wildman–Crippen MR) is 93.5 cm³/mol. The molecule has 1 N–H and O–H groups in total. The Morgan fingerprint density at radius 1 is 1.05 bits per heavy atom.